The average molecular weight is 381 g/mol. The van der Waals surface area contributed by atoms with Crippen LogP contribution in [0.15, 0.2) is 54.7 Å². The largest absolute Gasteiger partial charge is 0.493 e. The molecule has 0 aliphatic carbocycles. The van der Waals surface area contributed by atoms with E-state index < -0.39 is 18.0 Å². The molecule has 1 heterocycles. The highest BCUT2D eigenvalue weighted by atomic mass is 16.5. The Labute approximate surface area is 163 Å². The van der Waals surface area contributed by atoms with Gasteiger partial charge in [-0.3, -0.25) is 4.79 Å². The molecule has 7 heteroatoms. The van der Waals surface area contributed by atoms with Gasteiger partial charge in [0, 0.05) is 16.9 Å². The van der Waals surface area contributed by atoms with E-state index in [0.29, 0.717) is 28.4 Å². The van der Waals surface area contributed by atoms with Gasteiger partial charge in [0.05, 0.1) is 20.3 Å². The normalized spacial score (nSPS) is 18.7. The third kappa shape index (κ3) is 3.78. The van der Waals surface area contributed by atoms with E-state index in [1.165, 1.54) is 14.2 Å². The first-order valence-corrected chi connectivity index (χ1v) is 8.79. The number of anilines is 1. The highest BCUT2D eigenvalue weighted by Crippen LogP contribution is 2.40. The van der Waals surface area contributed by atoms with Gasteiger partial charge in [0.15, 0.2) is 11.5 Å². The Morgan fingerprint density at radius 2 is 1.82 bits per heavy atom. The molecular weight excluding hydrogens is 358 g/mol. The maximum atomic E-state index is 13.1. The van der Waals surface area contributed by atoms with Crippen molar-refractivity contribution >= 4 is 17.6 Å². The molecule has 0 spiro atoms. The van der Waals surface area contributed by atoms with Crippen LogP contribution in [0.5, 0.6) is 11.5 Å². The molecular formula is C21H23N3O4. The number of hydrogen-bond acceptors (Lipinski definition) is 4. The van der Waals surface area contributed by atoms with Crippen LogP contribution in [0.3, 0.4) is 0 Å². The fraction of sp³-hybridized carbons (Fsp3) is 0.238. The second-order valence-corrected chi connectivity index (χ2v) is 6.52. The van der Waals surface area contributed by atoms with E-state index in [1.807, 2.05) is 31.2 Å². The monoisotopic (exact) mass is 381 g/mol. The number of aryl methyl sites for hydroxylation is 1. The second-order valence-electron chi connectivity index (χ2n) is 6.52. The summed E-state index contributed by atoms with van der Waals surface area (Å²) in [6, 6.07) is 11.7. The molecule has 1 aliphatic rings. The number of rotatable bonds is 5. The van der Waals surface area contributed by atoms with Crippen molar-refractivity contribution in [1.29, 1.82) is 0 Å². The first-order chi connectivity index (χ1) is 13.4. The van der Waals surface area contributed by atoms with E-state index in [4.69, 9.17) is 9.47 Å². The Morgan fingerprint density at radius 3 is 2.46 bits per heavy atom. The lowest BCUT2D eigenvalue weighted by atomic mass is 9.87. The minimum Gasteiger partial charge on any atom is -0.493 e. The number of para-hydroxylation sites is 1. The minimum absolute atomic E-state index is 0.295. The number of amides is 3. The third-order valence-electron chi connectivity index (χ3n) is 4.64. The summed E-state index contributed by atoms with van der Waals surface area (Å²) in [5, 5.41) is 8.29. The molecule has 146 valence electrons. The van der Waals surface area contributed by atoms with Crippen molar-refractivity contribution in [3.63, 3.8) is 0 Å². The summed E-state index contributed by atoms with van der Waals surface area (Å²) in [6.45, 7) is 5.86. The van der Waals surface area contributed by atoms with Gasteiger partial charge < -0.3 is 25.4 Å². The molecule has 0 saturated carbocycles. The first-order valence-electron chi connectivity index (χ1n) is 8.79. The lowest BCUT2D eigenvalue weighted by Crippen LogP contribution is -2.51. The Bertz CT molecular complexity index is 908. The average Bonchev–Trinajstić information content (AvgIpc) is 2.68. The SMILES string of the molecule is C=C1NC(=O)NC(c2cccc(OC)c2OC)C1C(=O)Nc1ccc(C)cc1. The van der Waals surface area contributed by atoms with Gasteiger partial charge in [0.25, 0.3) is 0 Å². The number of carbonyl (C=O) groups is 2. The van der Waals surface area contributed by atoms with Gasteiger partial charge in [-0.15, -0.1) is 0 Å². The summed E-state index contributed by atoms with van der Waals surface area (Å²) in [7, 11) is 3.05. The standard InChI is InChI=1S/C21H23N3O4/c1-12-8-10-14(11-9-12)23-20(25)17-13(2)22-21(26)24-18(17)15-6-5-7-16(27-3)19(15)28-4/h5-11,17-18H,2H2,1,3-4H3,(H,23,25)(H2,22,24,26). The molecule has 2 unspecified atom stereocenters. The van der Waals surface area contributed by atoms with Gasteiger partial charge in [-0.1, -0.05) is 36.4 Å². The molecule has 3 N–H and O–H groups in total. The first kappa shape index (κ1) is 19.3. The zero-order valence-electron chi connectivity index (χ0n) is 16.0. The molecule has 0 bridgehead atoms. The Kier molecular flexibility index (Phi) is 5.54. The predicted octanol–water partition coefficient (Wildman–Crippen LogP) is 3.13. The number of benzene rings is 2. The fourth-order valence-corrected chi connectivity index (χ4v) is 3.27. The van der Waals surface area contributed by atoms with Crippen LogP contribution in [0.1, 0.15) is 17.2 Å². The van der Waals surface area contributed by atoms with Gasteiger partial charge in [-0.05, 0) is 25.1 Å². The van der Waals surface area contributed by atoms with Crippen molar-refractivity contribution < 1.29 is 19.1 Å². The summed E-state index contributed by atoms with van der Waals surface area (Å²) in [4.78, 5) is 25.2. The maximum absolute atomic E-state index is 13.1. The topological polar surface area (TPSA) is 88.7 Å². The van der Waals surface area contributed by atoms with Gasteiger partial charge in [-0.25, -0.2) is 4.79 Å². The molecule has 2 aromatic rings. The number of ether oxygens (including phenoxy) is 2. The number of urea groups is 1. The van der Waals surface area contributed by atoms with Crippen LogP contribution >= 0.6 is 0 Å². The quantitative estimate of drug-likeness (QED) is 0.742. The summed E-state index contributed by atoms with van der Waals surface area (Å²) in [6.07, 6.45) is 0. The van der Waals surface area contributed by atoms with E-state index in [9.17, 15) is 9.59 Å². The maximum Gasteiger partial charge on any atom is 0.319 e. The van der Waals surface area contributed by atoms with E-state index in [0.717, 1.165) is 5.56 Å². The molecule has 2 aromatic carbocycles. The molecule has 7 nitrogen and oxygen atoms in total. The summed E-state index contributed by atoms with van der Waals surface area (Å²) in [5.74, 6) is -0.0783. The molecule has 1 fully saturated rings. The highest BCUT2D eigenvalue weighted by Gasteiger charge is 2.39. The Morgan fingerprint density at radius 1 is 1.11 bits per heavy atom. The van der Waals surface area contributed by atoms with Crippen molar-refractivity contribution in [2.45, 2.75) is 13.0 Å². The molecule has 28 heavy (non-hydrogen) atoms. The van der Waals surface area contributed by atoms with Crippen LogP contribution in [0.25, 0.3) is 0 Å². The van der Waals surface area contributed by atoms with E-state index in [1.54, 1.807) is 18.2 Å². The van der Waals surface area contributed by atoms with Gasteiger partial charge in [0.2, 0.25) is 5.91 Å². The van der Waals surface area contributed by atoms with Gasteiger partial charge in [0.1, 0.15) is 5.92 Å². The van der Waals surface area contributed by atoms with E-state index >= 15 is 0 Å². The summed E-state index contributed by atoms with van der Waals surface area (Å²) in [5.41, 5.74) is 2.69. The van der Waals surface area contributed by atoms with Crippen molar-refractivity contribution in [3.8, 4) is 11.5 Å². The predicted molar refractivity (Wildman–Crippen MR) is 106 cm³/mol. The molecule has 3 rings (SSSR count). The lowest BCUT2D eigenvalue weighted by Gasteiger charge is -2.34. The van der Waals surface area contributed by atoms with Crippen LogP contribution < -0.4 is 25.4 Å². The highest BCUT2D eigenvalue weighted by molar-refractivity contribution is 5.97. The Hall–Kier alpha value is -3.48. The number of hydrogen-bond donors (Lipinski definition) is 3. The van der Waals surface area contributed by atoms with Crippen molar-refractivity contribution in [1.82, 2.24) is 10.6 Å². The van der Waals surface area contributed by atoms with Crippen LogP contribution in [-0.4, -0.2) is 26.2 Å². The van der Waals surface area contributed by atoms with Crippen LogP contribution in [0.2, 0.25) is 0 Å². The fourth-order valence-electron chi connectivity index (χ4n) is 3.27. The minimum atomic E-state index is -0.750. The van der Waals surface area contributed by atoms with Crippen LogP contribution in [-0.2, 0) is 4.79 Å². The molecule has 0 radical (unpaired) electrons. The van der Waals surface area contributed by atoms with Gasteiger partial charge >= 0.3 is 6.03 Å². The molecule has 2 atom stereocenters. The lowest BCUT2D eigenvalue weighted by molar-refractivity contribution is -0.119. The van der Waals surface area contributed by atoms with Gasteiger partial charge in [-0.2, -0.15) is 0 Å². The zero-order valence-corrected chi connectivity index (χ0v) is 16.0. The second kappa shape index (κ2) is 8.04. The van der Waals surface area contributed by atoms with Crippen molar-refractivity contribution in [3.05, 3.63) is 65.9 Å². The molecule has 1 saturated heterocycles. The molecule has 1 aliphatic heterocycles. The van der Waals surface area contributed by atoms with Crippen LogP contribution in [0.4, 0.5) is 10.5 Å². The van der Waals surface area contributed by atoms with E-state index in [-0.39, 0.29) is 5.91 Å². The van der Waals surface area contributed by atoms with Crippen LogP contribution in [0, 0.1) is 12.8 Å². The number of methoxy groups -OCH3 is 2. The van der Waals surface area contributed by atoms with E-state index in [2.05, 4.69) is 22.5 Å². The van der Waals surface area contributed by atoms with Crippen molar-refractivity contribution in [2.24, 2.45) is 5.92 Å². The summed E-state index contributed by atoms with van der Waals surface area (Å²) >= 11 is 0. The smallest absolute Gasteiger partial charge is 0.319 e. The zero-order chi connectivity index (χ0) is 20.3. The van der Waals surface area contributed by atoms with Crippen molar-refractivity contribution in [2.75, 3.05) is 19.5 Å². The Balaban J connectivity index is 1.97. The third-order valence-corrected chi connectivity index (χ3v) is 4.64. The summed E-state index contributed by atoms with van der Waals surface area (Å²) < 4.78 is 10.8. The molecule has 0 aromatic heterocycles. The number of carbonyl (C=O) groups excluding carboxylic acids is 2. The molecule has 3 amide bonds. The number of nitrogens with one attached hydrogen (secondary N) is 3.